The highest BCUT2D eigenvalue weighted by Gasteiger charge is 2.44. The molecule has 0 bridgehead atoms. The first-order chi connectivity index (χ1) is 22.9. The number of benzene rings is 2. The minimum atomic E-state index is -0.566. The third kappa shape index (κ3) is 5.79. The maximum atomic E-state index is 6.68. The molecule has 4 aromatic rings. The molecule has 0 radical (unpaired) electrons. The number of allylic oxidation sites excluding steroid dienone is 2. The fraction of sp³-hybridized carbons (Fsp3) is 0.359. The van der Waals surface area contributed by atoms with Crippen molar-refractivity contribution in [2.45, 2.75) is 45.1 Å². The van der Waals surface area contributed by atoms with Gasteiger partial charge in [0, 0.05) is 45.4 Å². The first-order valence-electron chi connectivity index (χ1n) is 15.7. The number of hydrogen-bond acceptors (Lipinski definition) is 9. The van der Waals surface area contributed by atoms with Crippen LogP contribution < -0.4 is 18.9 Å². The standard InChI is InChI=1S/C39H42O9/c1-22(26-11-23-12-30(40-5)33(43-8)17-27(23)46-26)20-39(4,37-16-25-14-32(42-7)35(45-10)19-29(25)48-37)21-38(2,3)36-15-24-13-31(41-6)34(44-9)18-28(24)47-36/h11-13,15-19,29H,1,20-21H2,2-10H3/t29-,39+/m0/s1. The molecule has 3 heterocycles. The molecule has 9 nitrogen and oxygen atoms in total. The molecule has 1 aliphatic carbocycles. The van der Waals surface area contributed by atoms with Crippen LogP contribution >= 0.6 is 0 Å². The molecule has 0 unspecified atom stereocenters. The zero-order valence-corrected chi connectivity index (χ0v) is 29.0. The number of furan rings is 2. The van der Waals surface area contributed by atoms with Gasteiger partial charge in [0.1, 0.15) is 28.4 Å². The first kappa shape index (κ1) is 32.8. The third-order valence-electron chi connectivity index (χ3n) is 9.15. The quantitative estimate of drug-likeness (QED) is 0.131. The van der Waals surface area contributed by atoms with Gasteiger partial charge in [0.15, 0.2) is 34.9 Å². The lowest BCUT2D eigenvalue weighted by atomic mass is 9.68. The molecule has 2 atom stereocenters. The molecular weight excluding hydrogens is 612 g/mol. The molecule has 2 aromatic carbocycles. The highest BCUT2D eigenvalue weighted by molar-refractivity contribution is 5.85. The minimum Gasteiger partial charge on any atom is -0.493 e. The average Bonchev–Trinajstić information content (AvgIpc) is 3.82. The van der Waals surface area contributed by atoms with Crippen LogP contribution in [-0.4, -0.2) is 48.8 Å². The Morgan fingerprint density at radius 3 is 1.92 bits per heavy atom. The summed E-state index contributed by atoms with van der Waals surface area (Å²) in [5.41, 5.74) is 5.40. The molecule has 0 spiro atoms. The topological polar surface area (TPSA) is 90.9 Å². The second kappa shape index (κ2) is 12.5. The van der Waals surface area contributed by atoms with Gasteiger partial charge in [0.2, 0.25) is 5.76 Å². The molecule has 6 rings (SSSR count). The second-order valence-electron chi connectivity index (χ2n) is 13.0. The summed E-state index contributed by atoms with van der Waals surface area (Å²) in [5.74, 6) is 5.87. The Balaban J connectivity index is 1.39. The van der Waals surface area contributed by atoms with Crippen LogP contribution in [-0.2, 0) is 19.6 Å². The van der Waals surface area contributed by atoms with E-state index < -0.39 is 10.8 Å². The van der Waals surface area contributed by atoms with E-state index in [-0.39, 0.29) is 6.10 Å². The Morgan fingerprint density at radius 1 is 0.750 bits per heavy atom. The van der Waals surface area contributed by atoms with Gasteiger partial charge < -0.3 is 42.0 Å². The SMILES string of the molecule is C=C(C[C@](C)(CC(C)(C)c1cc2cc(OC)c(OC)cc2o1)C1=CC2=C=C(OC)C(OC)=C[C@@H]2O1)c1cc2cc(OC)c(OC)cc2o1. The van der Waals surface area contributed by atoms with Gasteiger partial charge >= 0.3 is 0 Å². The summed E-state index contributed by atoms with van der Waals surface area (Å²) in [7, 11) is 9.66. The maximum Gasteiger partial charge on any atom is 0.204 e. The first-order valence-corrected chi connectivity index (χ1v) is 15.7. The van der Waals surface area contributed by atoms with Crippen molar-refractivity contribution in [1.82, 2.24) is 0 Å². The van der Waals surface area contributed by atoms with Gasteiger partial charge in [-0.3, -0.25) is 0 Å². The van der Waals surface area contributed by atoms with E-state index in [1.807, 2.05) is 36.4 Å². The Morgan fingerprint density at radius 2 is 1.33 bits per heavy atom. The Hall–Kier alpha value is -5.14. The van der Waals surface area contributed by atoms with E-state index in [1.165, 1.54) is 0 Å². The van der Waals surface area contributed by atoms with Crippen molar-refractivity contribution in [3.63, 3.8) is 0 Å². The zero-order valence-electron chi connectivity index (χ0n) is 29.0. The number of ether oxygens (including phenoxy) is 7. The molecule has 1 aliphatic heterocycles. The van der Waals surface area contributed by atoms with Crippen LogP contribution in [0.3, 0.4) is 0 Å². The van der Waals surface area contributed by atoms with Crippen molar-refractivity contribution in [2.75, 3.05) is 42.7 Å². The van der Waals surface area contributed by atoms with Crippen molar-refractivity contribution in [1.29, 1.82) is 0 Å². The molecule has 2 aliphatic rings. The largest absolute Gasteiger partial charge is 0.493 e. The summed E-state index contributed by atoms with van der Waals surface area (Å²) in [5, 5.41) is 1.82. The lowest BCUT2D eigenvalue weighted by Crippen LogP contribution is -2.31. The van der Waals surface area contributed by atoms with Gasteiger partial charge in [0.05, 0.1) is 42.7 Å². The molecule has 0 saturated carbocycles. The van der Waals surface area contributed by atoms with E-state index in [2.05, 4.69) is 45.2 Å². The van der Waals surface area contributed by atoms with Crippen LogP contribution in [0.5, 0.6) is 23.0 Å². The van der Waals surface area contributed by atoms with Crippen LogP contribution in [0.4, 0.5) is 0 Å². The van der Waals surface area contributed by atoms with Crippen molar-refractivity contribution in [2.24, 2.45) is 5.41 Å². The van der Waals surface area contributed by atoms with E-state index in [9.17, 15) is 0 Å². The molecule has 48 heavy (non-hydrogen) atoms. The minimum absolute atomic E-state index is 0.359. The normalized spacial score (nSPS) is 17.0. The van der Waals surface area contributed by atoms with Crippen molar-refractivity contribution >= 4 is 27.5 Å². The van der Waals surface area contributed by atoms with Crippen LogP contribution in [0.1, 0.15) is 45.1 Å². The third-order valence-corrected chi connectivity index (χ3v) is 9.15. The van der Waals surface area contributed by atoms with E-state index in [0.29, 0.717) is 58.7 Å². The second-order valence-corrected chi connectivity index (χ2v) is 13.0. The van der Waals surface area contributed by atoms with Gasteiger partial charge in [0.25, 0.3) is 0 Å². The summed E-state index contributed by atoms with van der Waals surface area (Å²) in [6.07, 6.45) is 4.78. The zero-order chi connectivity index (χ0) is 34.4. The molecule has 252 valence electrons. The monoisotopic (exact) mass is 654 g/mol. The molecule has 0 fully saturated rings. The highest BCUT2D eigenvalue weighted by Crippen LogP contribution is 2.51. The van der Waals surface area contributed by atoms with Gasteiger partial charge in [-0.25, -0.2) is 0 Å². The van der Waals surface area contributed by atoms with Crippen LogP contribution in [0.25, 0.3) is 27.5 Å². The van der Waals surface area contributed by atoms with Crippen LogP contribution in [0.15, 0.2) is 92.5 Å². The van der Waals surface area contributed by atoms with Crippen LogP contribution in [0, 0.1) is 5.41 Å². The van der Waals surface area contributed by atoms with E-state index in [1.54, 1.807) is 42.7 Å². The number of methoxy groups -OCH3 is 6. The number of hydrogen-bond donors (Lipinski definition) is 0. The highest BCUT2D eigenvalue weighted by atomic mass is 16.5. The van der Waals surface area contributed by atoms with Gasteiger partial charge in [-0.15, -0.1) is 0 Å². The lowest BCUT2D eigenvalue weighted by Gasteiger charge is -2.37. The van der Waals surface area contributed by atoms with E-state index in [4.69, 9.17) is 42.0 Å². The van der Waals surface area contributed by atoms with Gasteiger partial charge in [-0.1, -0.05) is 33.1 Å². The lowest BCUT2D eigenvalue weighted by molar-refractivity contribution is 0.106. The van der Waals surface area contributed by atoms with Crippen molar-refractivity contribution in [3.05, 3.63) is 95.2 Å². The molecule has 0 N–H and O–H groups in total. The van der Waals surface area contributed by atoms with Gasteiger partial charge in [-0.05, 0) is 48.8 Å². The molecule has 2 aromatic heterocycles. The van der Waals surface area contributed by atoms with Crippen molar-refractivity contribution in [3.8, 4) is 23.0 Å². The number of fused-ring (bicyclic) bond motifs is 3. The average molecular weight is 655 g/mol. The van der Waals surface area contributed by atoms with Gasteiger partial charge in [-0.2, -0.15) is 0 Å². The molecule has 0 saturated heterocycles. The Labute approximate surface area is 280 Å². The summed E-state index contributed by atoms with van der Waals surface area (Å²) < 4.78 is 52.7. The van der Waals surface area contributed by atoms with Crippen LogP contribution in [0.2, 0.25) is 0 Å². The maximum absolute atomic E-state index is 6.68. The summed E-state index contributed by atoms with van der Waals surface area (Å²) in [6, 6.07) is 11.6. The summed E-state index contributed by atoms with van der Waals surface area (Å²) in [4.78, 5) is 0. The molecule has 0 amide bonds. The predicted molar refractivity (Wildman–Crippen MR) is 184 cm³/mol. The Bertz CT molecular complexity index is 1950. The number of rotatable bonds is 13. The van der Waals surface area contributed by atoms with Crippen molar-refractivity contribution < 1.29 is 42.0 Å². The molecular formula is C39H42O9. The Kier molecular flexibility index (Phi) is 8.52. The van der Waals surface area contributed by atoms with E-state index in [0.717, 1.165) is 39.0 Å². The predicted octanol–water partition coefficient (Wildman–Crippen LogP) is 8.87. The summed E-state index contributed by atoms with van der Waals surface area (Å²) in [6.45, 7) is 11.0. The summed E-state index contributed by atoms with van der Waals surface area (Å²) >= 11 is 0. The fourth-order valence-electron chi connectivity index (χ4n) is 6.82. The molecule has 9 heteroatoms. The fourth-order valence-corrected chi connectivity index (χ4v) is 6.82. The van der Waals surface area contributed by atoms with E-state index >= 15 is 0 Å². The smallest absolute Gasteiger partial charge is 0.204 e.